The second-order valence-corrected chi connectivity index (χ2v) is 5.55. The molecular weight excluding hydrogens is 321 g/mol. The molecule has 0 aliphatic rings. The van der Waals surface area contributed by atoms with Crippen molar-refractivity contribution in [2.24, 2.45) is 0 Å². The Morgan fingerprint density at radius 2 is 2.04 bits per heavy atom. The largest absolute Gasteiger partial charge is 0.507 e. The second-order valence-electron chi connectivity index (χ2n) is 5.14. The first-order valence-electron chi connectivity index (χ1n) is 6.96. The van der Waals surface area contributed by atoms with Crippen LogP contribution in [0.25, 0.3) is 11.1 Å². The third-order valence-electron chi connectivity index (χ3n) is 3.36. The highest BCUT2D eigenvalue weighted by Crippen LogP contribution is 2.35. The summed E-state index contributed by atoms with van der Waals surface area (Å²) in [5.41, 5.74) is 1.93. The van der Waals surface area contributed by atoms with Crippen molar-refractivity contribution in [3.8, 4) is 16.9 Å². The minimum Gasteiger partial charge on any atom is -0.507 e. The SMILES string of the molecule is COCC(=O)NCc1ccc(F)c(-c2cc(Cl)c(C)cc2O)c1. The van der Waals surface area contributed by atoms with E-state index in [0.717, 1.165) is 0 Å². The van der Waals surface area contributed by atoms with E-state index in [1.165, 1.54) is 25.3 Å². The van der Waals surface area contributed by atoms with E-state index in [0.29, 0.717) is 21.7 Å². The number of aryl methyl sites for hydroxylation is 1. The van der Waals surface area contributed by atoms with Gasteiger partial charge in [-0.3, -0.25) is 4.79 Å². The number of hydrogen-bond acceptors (Lipinski definition) is 3. The Morgan fingerprint density at radius 1 is 1.30 bits per heavy atom. The fourth-order valence-electron chi connectivity index (χ4n) is 2.15. The monoisotopic (exact) mass is 337 g/mol. The molecule has 4 nitrogen and oxygen atoms in total. The van der Waals surface area contributed by atoms with E-state index in [9.17, 15) is 14.3 Å². The summed E-state index contributed by atoms with van der Waals surface area (Å²) < 4.78 is 18.9. The lowest BCUT2D eigenvalue weighted by Gasteiger charge is -2.11. The number of phenols is 1. The molecule has 0 spiro atoms. The maximum atomic E-state index is 14.1. The number of halogens is 2. The van der Waals surface area contributed by atoms with Crippen molar-refractivity contribution in [1.29, 1.82) is 0 Å². The molecule has 2 rings (SSSR count). The van der Waals surface area contributed by atoms with Gasteiger partial charge in [-0.05, 0) is 42.3 Å². The summed E-state index contributed by atoms with van der Waals surface area (Å²) in [6.45, 7) is 1.95. The number of amides is 1. The molecule has 2 aromatic rings. The quantitative estimate of drug-likeness (QED) is 0.879. The zero-order valence-corrected chi connectivity index (χ0v) is 13.6. The molecule has 0 bridgehead atoms. The van der Waals surface area contributed by atoms with Crippen LogP contribution in [0, 0.1) is 12.7 Å². The van der Waals surface area contributed by atoms with Crippen LogP contribution >= 0.6 is 11.6 Å². The average Bonchev–Trinajstić information content (AvgIpc) is 2.51. The molecule has 6 heteroatoms. The van der Waals surface area contributed by atoms with Crippen LogP contribution in [0.15, 0.2) is 30.3 Å². The number of methoxy groups -OCH3 is 1. The molecule has 0 unspecified atom stereocenters. The molecule has 0 fully saturated rings. The Bertz CT molecular complexity index is 734. The van der Waals surface area contributed by atoms with Gasteiger partial charge in [-0.1, -0.05) is 17.7 Å². The van der Waals surface area contributed by atoms with E-state index in [1.54, 1.807) is 19.1 Å². The van der Waals surface area contributed by atoms with Gasteiger partial charge >= 0.3 is 0 Å². The fourth-order valence-corrected chi connectivity index (χ4v) is 2.32. The van der Waals surface area contributed by atoms with Gasteiger partial charge in [0, 0.05) is 29.8 Å². The number of nitrogens with one attached hydrogen (secondary N) is 1. The first-order valence-corrected chi connectivity index (χ1v) is 7.33. The Kier molecular flexibility index (Phi) is 5.58. The highest BCUT2D eigenvalue weighted by atomic mass is 35.5. The Balaban J connectivity index is 2.31. The maximum absolute atomic E-state index is 14.1. The number of phenolic OH excluding ortho intramolecular Hbond substituents is 1. The van der Waals surface area contributed by atoms with Crippen molar-refractivity contribution in [3.63, 3.8) is 0 Å². The van der Waals surface area contributed by atoms with E-state index >= 15 is 0 Å². The highest BCUT2D eigenvalue weighted by Gasteiger charge is 2.13. The number of rotatable bonds is 5. The number of hydrogen-bond donors (Lipinski definition) is 2. The molecule has 2 aromatic carbocycles. The average molecular weight is 338 g/mol. The first-order chi connectivity index (χ1) is 10.9. The third kappa shape index (κ3) is 4.21. The molecule has 0 saturated heterocycles. The van der Waals surface area contributed by atoms with Crippen LogP contribution in [0.3, 0.4) is 0 Å². The van der Waals surface area contributed by atoms with Gasteiger partial charge in [0.1, 0.15) is 18.2 Å². The zero-order chi connectivity index (χ0) is 17.0. The summed E-state index contributed by atoms with van der Waals surface area (Å²) in [5, 5.41) is 13.2. The van der Waals surface area contributed by atoms with Gasteiger partial charge < -0.3 is 15.2 Å². The number of carbonyl (C=O) groups excluding carboxylic acids is 1. The molecule has 0 atom stereocenters. The molecule has 0 aromatic heterocycles. The molecule has 122 valence electrons. The Labute approximate surface area is 138 Å². The normalized spacial score (nSPS) is 10.6. The first kappa shape index (κ1) is 17.2. The predicted molar refractivity (Wildman–Crippen MR) is 87.0 cm³/mol. The van der Waals surface area contributed by atoms with E-state index in [2.05, 4.69) is 5.32 Å². The predicted octanol–water partition coefficient (Wildman–Crippen LogP) is 3.42. The minimum atomic E-state index is -0.479. The summed E-state index contributed by atoms with van der Waals surface area (Å²) >= 11 is 6.06. The lowest BCUT2D eigenvalue weighted by atomic mass is 10.00. The van der Waals surface area contributed by atoms with Gasteiger partial charge in [-0.2, -0.15) is 0 Å². The zero-order valence-electron chi connectivity index (χ0n) is 12.8. The summed E-state index contributed by atoms with van der Waals surface area (Å²) in [7, 11) is 1.43. The smallest absolute Gasteiger partial charge is 0.246 e. The van der Waals surface area contributed by atoms with Crippen molar-refractivity contribution < 1.29 is 19.0 Å². The topological polar surface area (TPSA) is 58.6 Å². The van der Waals surface area contributed by atoms with Crippen LogP contribution in [0.1, 0.15) is 11.1 Å². The van der Waals surface area contributed by atoms with Gasteiger partial charge in [-0.15, -0.1) is 0 Å². The molecule has 0 heterocycles. The number of carbonyl (C=O) groups is 1. The van der Waals surface area contributed by atoms with Crippen LogP contribution < -0.4 is 5.32 Å². The molecule has 0 saturated carbocycles. The Hall–Kier alpha value is -2.11. The molecule has 1 amide bonds. The van der Waals surface area contributed by atoms with Gasteiger partial charge in [0.15, 0.2) is 0 Å². The van der Waals surface area contributed by atoms with Gasteiger partial charge in [0.25, 0.3) is 0 Å². The molecule has 0 aliphatic heterocycles. The summed E-state index contributed by atoms with van der Waals surface area (Å²) in [5.74, 6) is -0.793. The van der Waals surface area contributed by atoms with Crippen molar-refractivity contribution in [1.82, 2.24) is 5.32 Å². The molecule has 23 heavy (non-hydrogen) atoms. The van der Waals surface area contributed by atoms with Crippen LogP contribution in [0.4, 0.5) is 4.39 Å². The summed E-state index contributed by atoms with van der Waals surface area (Å²) in [6.07, 6.45) is 0. The lowest BCUT2D eigenvalue weighted by molar-refractivity contribution is -0.124. The van der Waals surface area contributed by atoms with Crippen LogP contribution in [-0.2, 0) is 16.1 Å². The Morgan fingerprint density at radius 3 is 2.74 bits per heavy atom. The maximum Gasteiger partial charge on any atom is 0.246 e. The van der Waals surface area contributed by atoms with Crippen LogP contribution in [-0.4, -0.2) is 24.7 Å². The highest BCUT2D eigenvalue weighted by molar-refractivity contribution is 6.31. The third-order valence-corrected chi connectivity index (χ3v) is 3.77. The number of ether oxygens (including phenoxy) is 1. The fraction of sp³-hybridized carbons (Fsp3) is 0.235. The molecule has 2 N–H and O–H groups in total. The van der Waals surface area contributed by atoms with Crippen molar-refractivity contribution in [2.75, 3.05) is 13.7 Å². The van der Waals surface area contributed by atoms with Crippen molar-refractivity contribution >= 4 is 17.5 Å². The van der Waals surface area contributed by atoms with Crippen LogP contribution in [0.5, 0.6) is 5.75 Å². The van der Waals surface area contributed by atoms with Gasteiger partial charge in [-0.25, -0.2) is 4.39 Å². The number of benzene rings is 2. The number of aromatic hydroxyl groups is 1. The van der Waals surface area contributed by atoms with Crippen molar-refractivity contribution in [3.05, 3.63) is 52.3 Å². The summed E-state index contributed by atoms with van der Waals surface area (Å²) in [4.78, 5) is 11.4. The second kappa shape index (κ2) is 7.44. The van der Waals surface area contributed by atoms with Gasteiger partial charge in [0.05, 0.1) is 0 Å². The summed E-state index contributed by atoms with van der Waals surface area (Å²) in [6, 6.07) is 7.45. The lowest BCUT2D eigenvalue weighted by Crippen LogP contribution is -2.26. The van der Waals surface area contributed by atoms with E-state index < -0.39 is 5.82 Å². The standard InChI is InChI=1S/C17H17ClFNO3/c1-10-5-16(21)13(7-14(10)18)12-6-11(3-4-15(12)19)8-20-17(22)9-23-2/h3-7,21H,8-9H2,1-2H3,(H,20,22). The molecular formula is C17H17ClFNO3. The van der Waals surface area contributed by atoms with E-state index in [1.807, 2.05) is 0 Å². The minimum absolute atomic E-state index is 0.0393. The van der Waals surface area contributed by atoms with Crippen LogP contribution in [0.2, 0.25) is 5.02 Å². The van der Waals surface area contributed by atoms with Gasteiger partial charge in [0.2, 0.25) is 5.91 Å². The molecule has 0 aliphatic carbocycles. The van der Waals surface area contributed by atoms with E-state index in [4.69, 9.17) is 16.3 Å². The van der Waals surface area contributed by atoms with Crippen molar-refractivity contribution in [2.45, 2.75) is 13.5 Å². The van der Waals surface area contributed by atoms with E-state index in [-0.39, 0.29) is 30.4 Å². The molecule has 0 radical (unpaired) electrons.